The van der Waals surface area contributed by atoms with E-state index in [2.05, 4.69) is 5.32 Å². The van der Waals surface area contributed by atoms with Gasteiger partial charge in [-0.25, -0.2) is 4.39 Å². The van der Waals surface area contributed by atoms with Crippen molar-refractivity contribution in [2.24, 2.45) is 5.73 Å². The standard InChI is InChI=1S/C27H25FN2O2S/c1-27(2,3)30-26(32)19-6-4-5-17(14-19)18-9-12-22-21(15-18)24(25(29)31)23(33-22)13-16-7-10-20(28)11-8-16/h4-12,14-15H,13H2,1-3H3,(H2,29,31)(H,30,32). The summed E-state index contributed by atoms with van der Waals surface area (Å²) < 4.78 is 14.2. The van der Waals surface area contributed by atoms with Crippen LogP contribution in [-0.4, -0.2) is 17.4 Å². The van der Waals surface area contributed by atoms with E-state index in [4.69, 9.17) is 5.73 Å². The predicted octanol–water partition coefficient (Wildman–Crippen LogP) is 5.93. The first kappa shape index (κ1) is 22.7. The maximum atomic E-state index is 13.3. The van der Waals surface area contributed by atoms with Crippen LogP contribution >= 0.6 is 11.3 Å². The summed E-state index contributed by atoms with van der Waals surface area (Å²) in [7, 11) is 0. The Bertz CT molecular complexity index is 1350. The number of nitrogens with one attached hydrogen (secondary N) is 1. The van der Waals surface area contributed by atoms with E-state index in [1.165, 1.54) is 23.5 Å². The molecule has 0 fully saturated rings. The molecule has 0 bridgehead atoms. The van der Waals surface area contributed by atoms with Crippen molar-refractivity contribution in [2.45, 2.75) is 32.7 Å². The summed E-state index contributed by atoms with van der Waals surface area (Å²) in [4.78, 5) is 25.8. The molecule has 0 aliphatic carbocycles. The number of thiophene rings is 1. The number of hydrogen-bond donors (Lipinski definition) is 2. The Hall–Kier alpha value is -3.51. The smallest absolute Gasteiger partial charge is 0.251 e. The highest BCUT2D eigenvalue weighted by Crippen LogP contribution is 2.36. The number of benzene rings is 3. The molecule has 0 aliphatic heterocycles. The molecule has 168 valence electrons. The molecule has 2 amide bonds. The summed E-state index contributed by atoms with van der Waals surface area (Å²) in [5.74, 6) is -0.928. The lowest BCUT2D eigenvalue weighted by molar-refractivity contribution is 0.0918. The van der Waals surface area contributed by atoms with Crippen LogP contribution in [0.25, 0.3) is 21.2 Å². The Morgan fingerprint density at radius 3 is 2.33 bits per heavy atom. The topological polar surface area (TPSA) is 72.2 Å². The van der Waals surface area contributed by atoms with Gasteiger partial charge in [-0.2, -0.15) is 0 Å². The summed E-state index contributed by atoms with van der Waals surface area (Å²) in [6.07, 6.45) is 0.496. The van der Waals surface area contributed by atoms with E-state index in [1.807, 2.05) is 57.2 Å². The predicted molar refractivity (Wildman–Crippen MR) is 132 cm³/mol. The number of carbonyl (C=O) groups is 2. The fraction of sp³-hybridized carbons (Fsp3) is 0.185. The van der Waals surface area contributed by atoms with Crippen molar-refractivity contribution >= 4 is 33.2 Å². The van der Waals surface area contributed by atoms with Crippen LogP contribution in [0.5, 0.6) is 0 Å². The van der Waals surface area contributed by atoms with E-state index in [0.29, 0.717) is 17.5 Å². The van der Waals surface area contributed by atoms with Crippen LogP contribution in [0.15, 0.2) is 66.7 Å². The van der Waals surface area contributed by atoms with Gasteiger partial charge in [-0.3, -0.25) is 9.59 Å². The van der Waals surface area contributed by atoms with E-state index in [1.54, 1.807) is 18.2 Å². The van der Waals surface area contributed by atoms with Crippen LogP contribution in [0.3, 0.4) is 0 Å². The van der Waals surface area contributed by atoms with Gasteiger partial charge in [0, 0.05) is 32.5 Å². The summed E-state index contributed by atoms with van der Waals surface area (Å²) >= 11 is 1.51. The maximum Gasteiger partial charge on any atom is 0.251 e. The number of halogens is 1. The third-order valence-corrected chi connectivity index (χ3v) is 6.40. The highest BCUT2D eigenvalue weighted by atomic mass is 32.1. The van der Waals surface area contributed by atoms with Crippen LogP contribution in [0.1, 0.15) is 51.9 Å². The zero-order chi connectivity index (χ0) is 23.8. The van der Waals surface area contributed by atoms with Crippen molar-refractivity contribution in [1.82, 2.24) is 5.32 Å². The van der Waals surface area contributed by atoms with Crippen LogP contribution in [-0.2, 0) is 6.42 Å². The van der Waals surface area contributed by atoms with Gasteiger partial charge >= 0.3 is 0 Å². The maximum absolute atomic E-state index is 13.3. The molecule has 3 N–H and O–H groups in total. The van der Waals surface area contributed by atoms with Gasteiger partial charge in [0.05, 0.1) is 5.56 Å². The number of rotatable bonds is 5. The van der Waals surface area contributed by atoms with Crippen molar-refractivity contribution in [2.75, 3.05) is 0 Å². The van der Waals surface area contributed by atoms with E-state index < -0.39 is 5.91 Å². The normalized spacial score (nSPS) is 11.5. The molecule has 4 aromatic rings. The Labute approximate surface area is 196 Å². The van der Waals surface area contributed by atoms with E-state index in [-0.39, 0.29) is 17.3 Å². The molecule has 0 atom stereocenters. The largest absolute Gasteiger partial charge is 0.366 e. The number of fused-ring (bicyclic) bond motifs is 1. The average molecular weight is 461 g/mol. The van der Waals surface area contributed by atoms with Crippen molar-refractivity contribution in [3.05, 3.63) is 94.1 Å². The van der Waals surface area contributed by atoms with Crippen LogP contribution in [0.2, 0.25) is 0 Å². The summed E-state index contributed by atoms with van der Waals surface area (Å²) in [5, 5.41) is 3.76. The van der Waals surface area contributed by atoms with Crippen molar-refractivity contribution in [3.63, 3.8) is 0 Å². The van der Waals surface area contributed by atoms with Gasteiger partial charge in [0.1, 0.15) is 5.82 Å². The monoisotopic (exact) mass is 460 g/mol. The van der Waals surface area contributed by atoms with E-state index in [0.717, 1.165) is 31.7 Å². The van der Waals surface area contributed by atoms with Crippen LogP contribution < -0.4 is 11.1 Å². The lowest BCUT2D eigenvalue weighted by Crippen LogP contribution is -2.40. The SMILES string of the molecule is CC(C)(C)NC(=O)c1cccc(-c2ccc3sc(Cc4ccc(F)cc4)c(C(N)=O)c3c2)c1. The third-order valence-electron chi connectivity index (χ3n) is 5.23. The molecule has 1 aromatic heterocycles. The Balaban J connectivity index is 1.73. The Morgan fingerprint density at radius 1 is 0.970 bits per heavy atom. The Morgan fingerprint density at radius 2 is 1.67 bits per heavy atom. The van der Waals surface area contributed by atoms with Crippen LogP contribution in [0, 0.1) is 5.82 Å². The first-order valence-electron chi connectivity index (χ1n) is 10.6. The Kier molecular flexibility index (Phi) is 6.04. The van der Waals surface area contributed by atoms with Gasteiger partial charge in [-0.1, -0.05) is 30.3 Å². The molecule has 3 aromatic carbocycles. The highest BCUT2D eigenvalue weighted by Gasteiger charge is 2.19. The van der Waals surface area contributed by atoms with Crippen molar-refractivity contribution in [3.8, 4) is 11.1 Å². The molecule has 0 spiro atoms. The van der Waals surface area contributed by atoms with Gasteiger partial charge in [0.2, 0.25) is 5.91 Å². The number of nitrogens with two attached hydrogens (primary N) is 1. The van der Waals surface area contributed by atoms with Crippen LogP contribution in [0.4, 0.5) is 4.39 Å². The quantitative estimate of drug-likeness (QED) is 0.388. The zero-order valence-electron chi connectivity index (χ0n) is 18.7. The molecule has 33 heavy (non-hydrogen) atoms. The van der Waals surface area contributed by atoms with Crippen molar-refractivity contribution in [1.29, 1.82) is 0 Å². The van der Waals surface area contributed by atoms with Gasteiger partial charge in [-0.15, -0.1) is 11.3 Å². The molecule has 0 radical (unpaired) electrons. The molecule has 0 aliphatic rings. The highest BCUT2D eigenvalue weighted by molar-refractivity contribution is 7.19. The number of hydrogen-bond acceptors (Lipinski definition) is 3. The van der Waals surface area contributed by atoms with Gasteiger partial charge in [-0.05, 0) is 73.9 Å². The zero-order valence-corrected chi connectivity index (χ0v) is 19.6. The fourth-order valence-electron chi connectivity index (χ4n) is 3.76. The second-order valence-corrected chi connectivity index (χ2v) is 10.2. The first-order valence-corrected chi connectivity index (χ1v) is 11.4. The number of carbonyl (C=O) groups excluding carboxylic acids is 2. The van der Waals surface area contributed by atoms with E-state index in [9.17, 15) is 14.0 Å². The minimum atomic E-state index is -0.492. The molecule has 4 nitrogen and oxygen atoms in total. The minimum absolute atomic E-state index is 0.139. The van der Waals surface area contributed by atoms with Crippen molar-refractivity contribution < 1.29 is 14.0 Å². The van der Waals surface area contributed by atoms with Gasteiger partial charge in [0.25, 0.3) is 5.91 Å². The second-order valence-electron chi connectivity index (χ2n) is 9.06. The van der Waals surface area contributed by atoms with Gasteiger partial charge < -0.3 is 11.1 Å². The molecule has 1 heterocycles. The average Bonchev–Trinajstić information content (AvgIpc) is 3.11. The fourth-order valence-corrected chi connectivity index (χ4v) is 4.99. The minimum Gasteiger partial charge on any atom is -0.366 e. The second kappa shape index (κ2) is 8.79. The molecule has 4 rings (SSSR count). The lowest BCUT2D eigenvalue weighted by Gasteiger charge is -2.20. The number of amides is 2. The first-order chi connectivity index (χ1) is 15.6. The van der Waals surface area contributed by atoms with E-state index >= 15 is 0 Å². The summed E-state index contributed by atoms with van der Waals surface area (Å²) in [6.45, 7) is 5.82. The molecule has 0 unspecified atom stereocenters. The molecular formula is C27H25FN2O2S. The third kappa shape index (κ3) is 5.12. The molecule has 6 heteroatoms. The lowest BCUT2D eigenvalue weighted by atomic mass is 9.98. The number of primary amides is 1. The molecule has 0 saturated heterocycles. The summed E-state index contributed by atoms with van der Waals surface area (Å²) in [6, 6.07) is 19.5. The van der Waals surface area contributed by atoms with Gasteiger partial charge in [0.15, 0.2) is 0 Å². The molecular weight excluding hydrogens is 435 g/mol. The summed E-state index contributed by atoms with van der Waals surface area (Å²) in [5.41, 5.74) is 9.17. The molecule has 0 saturated carbocycles.